The molecule has 0 saturated carbocycles. The molecular formula is C22H22N6. The maximum atomic E-state index is 8.87. The van der Waals surface area contributed by atoms with E-state index in [0.717, 1.165) is 36.7 Å². The highest BCUT2D eigenvalue weighted by Crippen LogP contribution is 2.32. The van der Waals surface area contributed by atoms with Crippen molar-refractivity contribution in [2.45, 2.75) is 32.4 Å². The molecule has 0 aromatic carbocycles. The molecule has 0 bridgehead atoms. The van der Waals surface area contributed by atoms with Crippen LogP contribution in [0.3, 0.4) is 0 Å². The normalized spacial score (nSPS) is 16.6. The molecule has 6 nitrogen and oxygen atoms in total. The molecule has 1 atom stereocenters. The lowest BCUT2D eigenvalue weighted by molar-refractivity contribution is 0.244. The third kappa shape index (κ3) is 4.16. The van der Waals surface area contributed by atoms with Gasteiger partial charge in [-0.3, -0.25) is 9.88 Å². The Morgan fingerprint density at radius 3 is 2.93 bits per heavy atom. The quantitative estimate of drug-likeness (QED) is 0.727. The van der Waals surface area contributed by atoms with Crippen molar-refractivity contribution in [3.05, 3.63) is 77.5 Å². The fourth-order valence-electron chi connectivity index (χ4n) is 3.68. The second kappa shape index (κ2) is 8.15. The van der Waals surface area contributed by atoms with Crippen molar-refractivity contribution in [2.75, 3.05) is 11.9 Å². The topological polar surface area (TPSA) is 77.7 Å². The van der Waals surface area contributed by atoms with Gasteiger partial charge >= 0.3 is 0 Å². The summed E-state index contributed by atoms with van der Waals surface area (Å²) in [5.41, 5.74) is 4.72. The van der Waals surface area contributed by atoms with Crippen molar-refractivity contribution in [3.8, 4) is 6.07 Å². The minimum absolute atomic E-state index is 0.307. The number of pyridine rings is 3. The maximum absolute atomic E-state index is 8.87. The van der Waals surface area contributed by atoms with E-state index < -0.39 is 0 Å². The van der Waals surface area contributed by atoms with Crippen molar-refractivity contribution < 1.29 is 0 Å². The Kier molecular flexibility index (Phi) is 5.27. The van der Waals surface area contributed by atoms with Crippen molar-refractivity contribution in [2.24, 2.45) is 0 Å². The van der Waals surface area contributed by atoms with Gasteiger partial charge in [0.05, 0.1) is 23.6 Å². The molecule has 28 heavy (non-hydrogen) atoms. The van der Waals surface area contributed by atoms with Crippen LogP contribution in [0.1, 0.15) is 41.4 Å². The molecule has 1 aliphatic heterocycles. The summed E-state index contributed by atoms with van der Waals surface area (Å²) >= 11 is 0. The van der Waals surface area contributed by atoms with E-state index in [9.17, 15) is 0 Å². The van der Waals surface area contributed by atoms with E-state index in [4.69, 9.17) is 10.2 Å². The molecule has 0 amide bonds. The first-order valence-corrected chi connectivity index (χ1v) is 9.46. The minimum atomic E-state index is 0.307. The summed E-state index contributed by atoms with van der Waals surface area (Å²) in [6.07, 6.45) is 7.77. The van der Waals surface area contributed by atoms with Crippen LogP contribution in [-0.2, 0) is 6.54 Å². The molecule has 0 aliphatic carbocycles. The largest absolute Gasteiger partial charge is 0.339 e. The number of aromatic nitrogens is 3. The fraction of sp³-hybridized carbons (Fsp3) is 0.273. The Morgan fingerprint density at radius 2 is 2.14 bits per heavy atom. The van der Waals surface area contributed by atoms with E-state index in [1.165, 1.54) is 17.5 Å². The molecule has 140 valence electrons. The van der Waals surface area contributed by atoms with Gasteiger partial charge in [0, 0.05) is 18.9 Å². The highest BCUT2D eigenvalue weighted by atomic mass is 15.2. The van der Waals surface area contributed by atoms with Gasteiger partial charge in [0.15, 0.2) is 0 Å². The zero-order valence-electron chi connectivity index (χ0n) is 15.8. The highest BCUT2D eigenvalue weighted by molar-refractivity contribution is 5.55. The van der Waals surface area contributed by atoms with Crippen LogP contribution in [0.2, 0.25) is 0 Å². The molecule has 0 unspecified atom stereocenters. The zero-order chi connectivity index (χ0) is 19.3. The lowest BCUT2D eigenvalue weighted by atomic mass is 10.1. The summed E-state index contributed by atoms with van der Waals surface area (Å²) in [5, 5.41) is 12.1. The Balaban J connectivity index is 1.50. The van der Waals surface area contributed by atoms with E-state index in [1.807, 2.05) is 36.7 Å². The number of anilines is 2. The average Bonchev–Trinajstić information content (AvgIpc) is 3.17. The number of nitriles is 1. The molecule has 4 heterocycles. The van der Waals surface area contributed by atoms with Gasteiger partial charge in [0.1, 0.15) is 17.6 Å². The van der Waals surface area contributed by atoms with Crippen LogP contribution in [0.5, 0.6) is 0 Å². The summed E-state index contributed by atoms with van der Waals surface area (Å²) < 4.78 is 0. The summed E-state index contributed by atoms with van der Waals surface area (Å²) in [5.74, 6) is 0.785. The first-order valence-electron chi connectivity index (χ1n) is 9.46. The summed E-state index contributed by atoms with van der Waals surface area (Å²) in [6, 6.07) is 14.2. The van der Waals surface area contributed by atoms with Gasteiger partial charge in [-0.05, 0) is 61.7 Å². The smallest absolute Gasteiger partial charge is 0.140 e. The molecular weight excluding hydrogens is 348 g/mol. The van der Waals surface area contributed by atoms with Crippen LogP contribution in [0.4, 0.5) is 11.5 Å². The van der Waals surface area contributed by atoms with Gasteiger partial charge in [-0.15, -0.1) is 0 Å². The average molecular weight is 370 g/mol. The zero-order valence-corrected chi connectivity index (χ0v) is 15.8. The van der Waals surface area contributed by atoms with Gasteiger partial charge in [0.25, 0.3) is 0 Å². The van der Waals surface area contributed by atoms with Gasteiger partial charge in [-0.2, -0.15) is 5.26 Å². The number of hydrogen-bond donors (Lipinski definition) is 1. The van der Waals surface area contributed by atoms with Crippen LogP contribution in [0, 0.1) is 18.3 Å². The summed E-state index contributed by atoms with van der Waals surface area (Å²) in [4.78, 5) is 15.7. The second-order valence-corrected chi connectivity index (χ2v) is 7.12. The third-order valence-electron chi connectivity index (χ3n) is 4.94. The van der Waals surface area contributed by atoms with E-state index >= 15 is 0 Å². The van der Waals surface area contributed by atoms with Crippen LogP contribution >= 0.6 is 0 Å². The third-order valence-corrected chi connectivity index (χ3v) is 4.94. The molecule has 1 fully saturated rings. The predicted octanol–water partition coefficient (Wildman–Crippen LogP) is 4.13. The molecule has 3 aromatic heterocycles. The number of hydrogen-bond acceptors (Lipinski definition) is 6. The van der Waals surface area contributed by atoms with Crippen molar-refractivity contribution in [3.63, 3.8) is 0 Å². The van der Waals surface area contributed by atoms with Gasteiger partial charge in [-0.25, -0.2) is 9.97 Å². The molecule has 0 spiro atoms. The van der Waals surface area contributed by atoms with Crippen LogP contribution in [-0.4, -0.2) is 26.4 Å². The molecule has 1 saturated heterocycles. The van der Waals surface area contributed by atoms with E-state index in [-0.39, 0.29) is 0 Å². The summed E-state index contributed by atoms with van der Waals surface area (Å²) in [6.45, 7) is 4.03. The molecule has 0 radical (unpaired) electrons. The first-order chi connectivity index (χ1) is 13.7. The number of nitrogens with zero attached hydrogens (tertiary/aromatic N) is 5. The number of aryl methyl sites for hydroxylation is 1. The second-order valence-electron chi connectivity index (χ2n) is 7.12. The number of nitrogens with one attached hydrogen (secondary N) is 1. The Labute approximate surface area is 164 Å². The fourth-order valence-corrected chi connectivity index (χ4v) is 3.68. The Bertz CT molecular complexity index is 992. The van der Waals surface area contributed by atoms with Crippen LogP contribution < -0.4 is 5.32 Å². The van der Waals surface area contributed by atoms with E-state index in [0.29, 0.717) is 11.7 Å². The van der Waals surface area contributed by atoms with E-state index in [2.05, 4.69) is 39.2 Å². The molecule has 3 aromatic rings. The monoisotopic (exact) mass is 370 g/mol. The predicted molar refractivity (Wildman–Crippen MR) is 108 cm³/mol. The highest BCUT2D eigenvalue weighted by Gasteiger charge is 2.27. The van der Waals surface area contributed by atoms with Crippen LogP contribution in [0.25, 0.3) is 0 Å². The van der Waals surface area contributed by atoms with Gasteiger partial charge in [0.2, 0.25) is 0 Å². The Hall–Kier alpha value is -3.30. The number of rotatable bonds is 5. The standard InChI is InChI=1S/C22H22N6/c1-16-10-17(13-24-12-16)15-28-9-3-5-21(28)20-4-2-6-22(27-20)26-19-8-7-18(11-23)25-14-19/h2,4,6-8,10,12-14,21H,3,5,9,15H2,1H3,(H,26,27)/t21-/m1/s1. The van der Waals surface area contributed by atoms with E-state index in [1.54, 1.807) is 12.3 Å². The van der Waals surface area contributed by atoms with Crippen LogP contribution in [0.15, 0.2) is 55.0 Å². The lowest BCUT2D eigenvalue weighted by Gasteiger charge is -2.24. The molecule has 6 heteroatoms. The SMILES string of the molecule is Cc1cncc(CN2CCC[C@@H]2c2cccc(Nc3ccc(C#N)nc3)n2)c1. The minimum Gasteiger partial charge on any atom is -0.339 e. The molecule has 1 N–H and O–H groups in total. The van der Waals surface area contributed by atoms with Crippen molar-refractivity contribution in [1.29, 1.82) is 5.26 Å². The number of likely N-dealkylation sites (tertiary alicyclic amines) is 1. The first kappa shape index (κ1) is 18.1. The lowest BCUT2D eigenvalue weighted by Crippen LogP contribution is -2.23. The summed E-state index contributed by atoms with van der Waals surface area (Å²) in [7, 11) is 0. The van der Waals surface area contributed by atoms with Crippen molar-refractivity contribution >= 4 is 11.5 Å². The maximum Gasteiger partial charge on any atom is 0.140 e. The van der Waals surface area contributed by atoms with Gasteiger partial charge < -0.3 is 5.32 Å². The Morgan fingerprint density at radius 1 is 1.21 bits per heavy atom. The molecule has 1 aliphatic rings. The van der Waals surface area contributed by atoms with Crippen molar-refractivity contribution in [1.82, 2.24) is 19.9 Å². The van der Waals surface area contributed by atoms with Gasteiger partial charge in [-0.1, -0.05) is 12.1 Å². The molecule has 4 rings (SSSR count).